The first-order valence-electron chi connectivity index (χ1n) is 8.60. The van der Waals surface area contributed by atoms with Crippen LogP contribution in [-0.4, -0.2) is 16.6 Å². The molecule has 0 bridgehead atoms. The smallest absolute Gasteiger partial charge is 0.222 e. The van der Waals surface area contributed by atoms with E-state index in [-0.39, 0.29) is 23.9 Å². The van der Waals surface area contributed by atoms with Crippen molar-refractivity contribution in [3.05, 3.63) is 57.6 Å². The maximum atomic E-state index is 9.41. The van der Waals surface area contributed by atoms with Crippen LogP contribution in [0.4, 0.5) is 11.8 Å². The van der Waals surface area contributed by atoms with Gasteiger partial charge in [0.25, 0.3) is 0 Å². The first-order chi connectivity index (χ1) is 13.9. The Morgan fingerprint density at radius 1 is 1.03 bits per heavy atom. The summed E-state index contributed by atoms with van der Waals surface area (Å²) in [4.78, 5) is 7.98. The second-order valence-corrected chi connectivity index (χ2v) is 6.70. The highest BCUT2D eigenvalue weighted by atomic mass is 35.5. The lowest BCUT2D eigenvalue weighted by atomic mass is 10.1. The highest BCUT2D eigenvalue weighted by Crippen LogP contribution is 2.35. The SMILES string of the molecule is CCOc1cc(-c2nc(N)nc(N)c2C#N)ccc1OCc1c(Cl)cccc1Cl. The molecule has 7 nitrogen and oxygen atoms in total. The summed E-state index contributed by atoms with van der Waals surface area (Å²) in [7, 11) is 0. The Balaban J connectivity index is 1.97. The zero-order valence-electron chi connectivity index (χ0n) is 15.4. The van der Waals surface area contributed by atoms with E-state index in [0.717, 1.165) is 0 Å². The average molecular weight is 430 g/mol. The van der Waals surface area contributed by atoms with Crippen LogP contribution < -0.4 is 20.9 Å². The van der Waals surface area contributed by atoms with Crippen molar-refractivity contribution < 1.29 is 9.47 Å². The molecule has 0 amide bonds. The second-order valence-electron chi connectivity index (χ2n) is 5.89. The van der Waals surface area contributed by atoms with Gasteiger partial charge in [0.1, 0.15) is 24.1 Å². The number of nitriles is 1. The number of halogens is 2. The number of rotatable bonds is 6. The topological polar surface area (TPSA) is 120 Å². The molecule has 0 saturated heterocycles. The molecule has 29 heavy (non-hydrogen) atoms. The van der Waals surface area contributed by atoms with Crippen LogP contribution in [0.15, 0.2) is 36.4 Å². The molecule has 2 aromatic carbocycles. The van der Waals surface area contributed by atoms with E-state index in [1.165, 1.54) is 0 Å². The lowest BCUT2D eigenvalue weighted by molar-refractivity contribution is 0.269. The van der Waals surface area contributed by atoms with E-state index in [0.29, 0.717) is 45.0 Å². The van der Waals surface area contributed by atoms with Gasteiger partial charge in [-0.05, 0) is 37.3 Å². The maximum Gasteiger partial charge on any atom is 0.222 e. The van der Waals surface area contributed by atoms with Crippen LogP contribution in [0.3, 0.4) is 0 Å². The fourth-order valence-electron chi connectivity index (χ4n) is 2.68. The van der Waals surface area contributed by atoms with Crippen LogP contribution in [0, 0.1) is 11.3 Å². The molecule has 0 saturated carbocycles. The summed E-state index contributed by atoms with van der Waals surface area (Å²) in [6, 6.07) is 12.4. The Bertz CT molecular complexity index is 1080. The molecule has 4 N–H and O–H groups in total. The van der Waals surface area contributed by atoms with Gasteiger partial charge in [0.05, 0.1) is 12.3 Å². The number of ether oxygens (including phenoxy) is 2. The van der Waals surface area contributed by atoms with Crippen molar-refractivity contribution >= 4 is 35.0 Å². The van der Waals surface area contributed by atoms with Crippen molar-refractivity contribution in [3.63, 3.8) is 0 Å². The molecule has 3 rings (SSSR count). The second kappa shape index (κ2) is 8.86. The third-order valence-electron chi connectivity index (χ3n) is 4.02. The van der Waals surface area contributed by atoms with Crippen molar-refractivity contribution in [1.29, 1.82) is 5.26 Å². The van der Waals surface area contributed by atoms with E-state index in [9.17, 15) is 5.26 Å². The summed E-state index contributed by atoms with van der Waals surface area (Å²) in [6.45, 7) is 2.42. The van der Waals surface area contributed by atoms with Crippen molar-refractivity contribution in [2.24, 2.45) is 0 Å². The summed E-state index contributed by atoms with van der Waals surface area (Å²) in [5, 5.41) is 10.4. The Morgan fingerprint density at radius 3 is 2.41 bits per heavy atom. The molecule has 3 aromatic rings. The monoisotopic (exact) mass is 429 g/mol. The van der Waals surface area contributed by atoms with Gasteiger partial charge >= 0.3 is 0 Å². The summed E-state index contributed by atoms with van der Waals surface area (Å²) < 4.78 is 11.6. The van der Waals surface area contributed by atoms with Gasteiger partial charge in [-0.25, -0.2) is 4.98 Å². The summed E-state index contributed by atoms with van der Waals surface area (Å²) in [6.07, 6.45) is 0. The summed E-state index contributed by atoms with van der Waals surface area (Å²) in [5.74, 6) is 0.942. The minimum Gasteiger partial charge on any atom is -0.490 e. The maximum absolute atomic E-state index is 9.41. The lowest BCUT2D eigenvalue weighted by Crippen LogP contribution is -2.05. The third-order valence-corrected chi connectivity index (χ3v) is 4.73. The van der Waals surface area contributed by atoms with E-state index >= 15 is 0 Å². The van der Waals surface area contributed by atoms with Crippen LogP contribution >= 0.6 is 23.2 Å². The molecular weight excluding hydrogens is 413 g/mol. The van der Waals surface area contributed by atoms with Gasteiger partial charge in [0.15, 0.2) is 11.5 Å². The van der Waals surface area contributed by atoms with E-state index in [1.807, 2.05) is 13.0 Å². The summed E-state index contributed by atoms with van der Waals surface area (Å²) >= 11 is 12.4. The average Bonchev–Trinajstić information content (AvgIpc) is 2.68. The van der Waals surface area contributed by atoms with E-state index in [4.69, 9.17) is 44.1 Å². The lowest BCUT2D eigenvalue weighted by Gasteiger charge is -2.15. The molecule has 148 valence electrons. The van der Waals surface area contributed by atoms with E-state index < -0.39 is 0 Å². The van der Waals surface area contributed by atoms with E-state index in [2.05, 4.69) is 9.97 Å². The van der Waals surface area contributed by atoms with Gasteiger partial charge in [-0.3, -0.25) is 0 Å². The number of nitrogens with two attached hydrogens (primary N) is 2. The number of aromatic nitrogens is 2. The number of nitrogens with zero attached hydrogens (tertiary/aromatic N) is 3. The molecule has 1 heterocycles. The van der Waals surface area contributed by atoms with E-state index in [1.54, 1.807) is 36.4 Å². The Kier molecular flexibility index (Phi) is 6.27. The van der Waals surface area contributed by atoms with Gasteiger partial charge in [-0.1, -0.05) is 29.3 Å². The van der Waals surface area contributed by atoms with Crippen molar-refractivity contribution in [1.82, 2.24) is 9.97 Å². The van der Waals surface area contributed by atoms with Gasteiger partial charge in [0.2, 0.25) is 5.95 Å². The number of hydrogen-bond donors (Lipinski definition) is 2. The van der Waals surface area contributed by atoms with Gasteiger partial charge < -0.3 is 20.9 Å². The Morgan fingerprint density at radius 2 is 1.76 bits per heavy atom. The number of anilines is 2. The standard InChI is InChI=1S/C20H17Cl2N5O2/c1-2-28-17-8-11(18-12(9-23)19(24)27-20(25)26-18)6-7-16(17)29-10-13-14(21)4-3-5-15(13)22/h3-8H,2,10H2,1H3,(H4,24,25,26,27). The Labute approximate surface area is 177 Å². The predicted molar refractivity (Wildman–Crippen MR) is 113 cm³/mol. The van der Waals surface area contributed by atoms with Gasteiger partial charge in [0, 0.05) is 21.2 Å². The molecule has 0 spiro atoms. The fourth-order valence-corrected chi connectivity index (χ4v) is 3.18. The Hall–Kier alpha value is -3.21. The number of nitrogen functional groups attached to an aromatic ring is 2. The minimum absolute atomic E-state index is 0.0154. The summed E-state index contributed by atoms with van der Waals surface area (Å²) in [5.41, 5.74) is 13.2. The number of benzene rings is 2. The quantitative estimate of drug-likeness (QED) is 0.592. The molecule has 0 aliphatic heterocycles. The van der Waals surface area contributed by atoms with Crippen LogP contribution in [-0.2, 0) is 6.61 Å². The van der Waals surface area contributed by atoms with Gasteiger partial charge in [-0.15, -0.1) is 0 Å². The first kappa shape index (κ1) is 20.5. The first-order valence-corrected chi connectivity index (χ1v) is 9.36. The fraction of sp³-hybridized carbons (Fsp3) is 0.150. The largest absolute Gasteiger partial charge is 0.490 e. The van der Waals surface area contributed by atoms with Crippen molar-refractivity contribution in [3.8, 4) is 28.8 Å². The molecule has 9 heteroatoms. The van der Waals surface area contributed by atoms with Gasteiger partial charge in [-0.2, -0.15) is 10.2 Å². The van der Waals surface area contributed by atoms with Crippen LogP contribution in [0.1, 0.15) is 18.1 Å². The highest BCUT2D eigenvalue weighted by Gasteiger charge is 2.16. The zero-order valence-corrected chi connectivity index (χ0v) is 17.0. The van der Waals surface area contributed by atoms with Crippen LogP contribution in [0.5, 0.6) is 11.5 Å². The molecule has 0 radical (unpaired) electrons. The van der Waals surface area contributed by atoms with Crippen LogP contribution in [0.25, 0.3) is 11.3 Å². The van der Waals surface area contributed by atoms with Crippen molar-refractivity contribution in [2.75, 3.05) is 18.1 Å². The van der Waals surface area contributed by atoms with Crippen molar-refractivity contribution in [2.45, 2.75) is 13.5 Å². The normalized spacial score (nSPS) is 10.4. The van der Waals surface area contributed by atoms with Crippen LogP contribution in [0.2, 0.25) is 10.0 Å². The molecular formula is C20H17Cl2N5O2. The predicted octanol–water partition coefficient (Wildman–Crippen LogP) is 4.46. The molecule has 0 atom stereocenters. The molecule has 0 unspecified atom stereocenters. The molecule has 0 aliphatic carbocycles. The highest BCUT2D eigenvalue weighted by molar-refractivity contribution is 6.35. The minimum atomic E-state index is -0.0249. The number of hydrogen-bond acceptors (Lipinski definition) is 7. The molecule has 1 aromatic heterocycles. The molecule has 0 fully saturated rings. The zero-order chi connectivity index (χ0) is 21.0. The molecule has 0 aliphatic rings. The third kappa shape index (κ3) is 4.45.